The van der Waals surface area contributed by atoms with Crippen LogP contribution in [-0.2, 0) is 0 Å². The molecule has 3 nitrogen and oxygen atoms in total. The van der Waals surface area contributed by atoms with Crippen LogP contribution in [-0.4, -0.2) is 10.2 Å². The molecule has 1 aromatic rings. The molecule has 0 amide bonds. The van der Waals surface area contributed by atoms with Gasteiger partial charge in [0.25, 0.3) is 0 Å². The van der Waals surface area contributed by atoms with Gasteiger partial charge in [-0.15, -0.1) is 0 Å². The van der Waals surface area contributed by atoms with Crippen LogP contribution in [0.2, 0.25) is 0 Å². The topological polar surface area (TPSA) is 66.5 Å². The van der Waals surface area contributed by atoms with Crippen molar-refractivity contribution in [2.24, 2.45) is 0 Å². The maximum atomic E-state index is 8.98. The van der Waals surface area contributed by atoms with Crippen LogP contribution in [0.3, 0.4) is 0 Å². The van der Waals surface area contributed by atoms with E-state index in [-0.39, 0.29) is 11.5 Å². The first kappa shape index (κ1) is 7.47. The highest BCUT2D eigenvalue weighted by molar-refractivity contribution is 5.70. The molecule has 0 fully saturated rings. The number of anilines is 1. The molecular weight excluding hydrogens is 142 g/mol. The van der Waals surface area contributed by atoms with Crippen molar-refractivity contribution in [2.45, 2.75) is 0 Å². The lowest BCUT2D eigenvalue weighted by atomic mass is 10.1. The van der Waals surface area contributed by atoms with Crippen LogP contribution in [0.15, 0.2) is 24.8 Å². The molecule has 3 heteroatoms. The fourth-order valence-electron chi connectivity index (χ4n) is 0.794. The second-order valence-corrected chi connectivity index (χ2v) is 2.22. The van der Waals surface area contributed by atoms with Gasteiger partial charge < -0.3 is 15.9 Å². The molecule has 0 spiro atoms. The highest BCUT2D eigenvalue weighted by Gasteiger charge is 2.01. The molecule has 0 aliphatic carbocycles. The summed E-state index contributed by atoms with van der Waals surface area (Å²) in [4.78, 5) is 0. The second-order valence-electron chi connectivity index (χ2n) is 2.22. The maximum absolute atomic E-state index is 8.98. The molecule has 0 atom stereocenters. The summed E-state index contributed by atoms with van der Waals surface area (Å²) in [6.45, 7) is 3.29. The van der Waals surface area contributed by atoms with E-state index < -0.39 is 0 Å². The Hall–Kier alpha value is -1.64. The molecule has 0 saturated carbocycles. The van der Waals surface area contributed by atoms with Crippen LogP contribution < -0.4 is 5.73 Å². The summed E-state index contributed by atoms with van der Waals surface area (Å²) in [5, 5.41) is 17.9. The first-order chi connectivity index (χ1) is 5.11. The molecule has 1 rings (SSSR count). The van der Waals surface area contributed by atoms with Crippen LogP contribution in [0.1, 0.15) is 5.56 Å². The average molecular weight is 151 g/mol. The lowest BCUT2D eigenvalue weighted by molar-refractivity contribution is 0.473. The summed E-state index contributed by atoms with van der Waals surface area (Å²) in [5.74, 6) is -0.0807. The zero-order valence-corrected chi connectivity index (χ0v) is 5.91. The Morgan fingerprint density at radius 3 is 2.55 bits per heavy atom. The lowest BCUT2D eigenvalue weighted by Crippen LogP contribution is -1.91. The van der Waals surface area contributed by atoms with E-state index in [4.69, 9.17) is 15.9 Å². The van der Waals surface area contributed by atoms with E-state index >= 15 is 0 Å². The van der Waals surface area contributed by atoms with Gasteiger partial charge >= 0.3 is 0 Å². The van der Waals surface area contributed by atoms with E-state index in [1.54, 1.807) is 0 Å². The first-order valence-corrected chi connectivity index (χ1v) is 3.08. The van der Waals surface area contributed by atoms with E-state index in [1.165, 1.54) is 18.2 Å². The fourth-order valence-corrected chi connectivity index (χ4v) is 0.794. The third kappa shape index (κ3) is 1.43. The normalized spacial score (nSPS) is 9.45. The van der Waals surface area contributed by atoms with Gasteiger partial charge in [0.1, 0.15) is 11.5 Å². The monoisotopic (exact) mass is 151 g/mol. The third-order valence-corrected chi connectivity index (χ3v) is 1.35. The van der Waals surface area contributed by atoms with Crippen LogP contribution >= 0.6 is 0 Å². The predicted molar refractivity (Wildman–Crippen MR) is 44.2 cm³/mol. The summed E-state index contributed by atoms with van der Waals surface area (Å²) < 4.78 is 0. The van der Waals surface area contributed by atoms with Crippen molar-refractivity contribution in [3.63, 3.8) is 0 Å². The van der Waals surface area contributed by atoms with E-state index in [0.717, 1.165) is 0 Å². The smallest absolute Gasteiger partial charge is 0.117 e. The quantitative estimate of drug-likeness (QED) is 0.323. The number of benzene rings is 1. The Labute approximate surface area is 64.4 Å². The molecule has 0 heterocycles. The van der Waals surface area contributed by atoms with E-state index in [1.807, 2.05) is 0 Å². The molecular formula is C8H9NO2. The fraction of sp³-hybridized carbons (Fsp3) is 0. The van der Waals surface area contributed by atoms with Gasteiger partial charge in [0.15, 0.2) is 0 Å². The Bertz CT molecular complexity index is 294. The number of aromatic hydroxyl groups is 1. The van der Waals surface area contributed by atoms with Gasteiger partial charge in [0.2, 0.25) is 0 Å². The predicted octanol–water partition coefficient (Wildman–Crippen LogP) is 1.50. The van der Waals surface area contributed by atoms with Crippen molar-refractivity contribution in [1.82, 2.24) is 0 Å². The summed E-state index contributed by atoms with van der Waals surface area (Å²) >= 11 is 0. The largest absolute Gasteiger partial charge is 0.508 e. The zero-order valence-electron chi connectivity index (χ0n) is 5.91. The molecule has 1 aromatic carbocycles. The van der Waals surface area contributed by atoms with Gasteiger partial charge in [-0.2, -0.15) is 0 Å². The Kier molecular flexibility index (Phi) is 1.72. The molecule has 11 heavy (non-hydrogen) atoms. The number of phenolic OH excluding ortho intramolecular Hbond substituents is 1. The highest BCUT2D eigenvalue weighted by atomic mass is 16.3. The van der Waals surface area contributed by atoms with Crippen molar-refractivity contribution in [2.75, 3.05) is 5.73 Å². The molecule has 0 unspecified atom stereocenters. The highest BCUT2D eigenvalue weighted by Crippen LogP contribution is 2.22. The minimum Gasteiger partial charge on any atom is -0.508 e. The van der Waals surface area contributed by atoms with Gasteiger partial charge in [-0.3, -0.25) is 0 Å². The van der Waals surface area contributed by atoms with E-state index in [0.29, 0.717) is 11.3 Å². The van der Waals surface area contributed by atoms with E-state index in [2.05, 4.69) is 6.58 Å². The Morgan fingerprint density at radius 2 is 2.09 bits per heavy atom. The van der Waals surface area contributed by atoms with Gasteiger partial charge in [0.05, 0.1) is 0 Å². The number of nitrogens with two attached hydrogens (primary N) is 1. The zero-order chi connectivity index (χ0) is 8.43. The number of aliphatic hydroxyl groups is 1. The molecule has 0 aliphatic rings. The van der Waals surface area contributed by atoms with Crippen LogP contribution in [0.25, 0.3) is 5.76 Å². The molecule has 0 radical (unpaired) electrons. The molecule has 0 bridgehead atoms. The van der Waals surface area contributed by atoms with E-state index in [9.17, 15) is 0 Å². The Morgan fingerprint density at radius 1 is 1.45 bits per heavy atom. The summed E-state index contributed by atoms with van der Waals surface area (Å²) in [6, 6.07) is 4.31. The first-order valence-electron chi connectivity index (χ1n) is 3.08. The van der Waals surface area contributed by atoms with Gasteiger partial charge in [-0.1, -0.05) is 6.58 Å². The summed E-state index contributed by atoms with van der Waals surface area (Å²) in [5.41, 5.74) is 6.22. The van der Waals surface area contributed by atoms with Crippen molar-refractivity contribution in [3.8, 4) is 5.75 Å². The van der Waals surface area contributed by atoms with Crippen molar-refractivity contribution >= 4 is 11.4 Å². The minimum atomic E-state index is -0.140. The van der Waals surface area contributed by atoms with Crippen LogP contribution in [0.4, 0.5) is 5.69 Å². The van der Waals surface area contributed by atoms with Crippen LogP contribution in [0, 0.1) is 0 Å². The third-order valence-electron chi connectivity index (χ3n) is 1.35. The molecule has 0 aliphatic heterocycles. The summed E-state index contributed by atoms with van der Waals surface area (Å²) in [7, 11) is 0. The Balaban J connectivity index is 3.23. The number of aliphatic hydroxyl groups excluding tert-OH is 1. The van der Waals surface area contributed by atoms with Crippen molar-refractivity contribution < 1.29 is 10.2 Å². The van der Waals surface area contributed by atoms with Gasteiger partial charge in [-0.25, -0.2) is 0 Å². The average Bonchev–Trinajstić information content (AvgIpc) is 1.94. The molecule has 4 N–H and O–H groups in total. The molecule has 0 aromatic heterocycles. The SMILES string of the molecule is C=C(O)c1cc(O)ccc1N. The standard InChI is InChI=1S/C8H9NO2/c1-5(10)7-4-6(11)2-3-8(7)9/h2-4,10-11H,1,9H2. The van der Waals surface area contributed by atoms with Crippen molar-refractivity contribution in [3.05, 3.63) is 30.3 Å². The number of phenols is 1. The van der Waals surface area contributed by atoms with Gasteiger partial charge in [-0.05, 0) is 18.2 Å². The molecule has 58 valence electrons. The second kappa shape index (κ2) is 2.54. The lowest BCUT2D eigenvalue weighted by Gasteiger charge is -2.02. The molecule has 0 saturated heterocycles. The van der Waals surface area contributed by atoms with Gasteiger partial charge in [0, 0.05) is 11.3 Å². The maximum Gasteiger partial charge on any atom is 0.117 e. The van der Waals surface area contributed by atoms with Crippen LogP contribution in [0.5, 0.6) is 5.75 Å². The number of hydrogen-bond acceptors (Lipinski definition) is 3. The number of nitrogen functional groups attached to an aromatic ring is 1. The number of rotatable bonds is 1. The minimum absolute atomic E-state index is 0.0596. The number of hydrogen-bond donors (Lipinski definition) is 3. The van der Waals surface area contributed by atoms with Crippen molar-refractivity contribution in [1.29, 1.82) is 0 Å². The summed E-state index contributed by atoms with van der Waals surface area (Å²) in [6.07, 6.45) is 0.